The van der Waals surface area contributed by atoms with Crippen LogP contribution >= 0.6 is 0 Å². The monoisotopic (exact) mass is 350 g/mol. The summed E-state index contributed by atoms with van der Waals surface area (Å²) in [5.74, 6) is 0.614. The highest BCUT2D eigenvalue weighted by atomic mass is 19.3. The minimum atomic E-state index is -2.84. The minimum Gasteiger partial charge on any atom is -0.497 e. The summed E-state index contributed by atoms with van der Waals surface area (Å²) in [5, 5.41) is 2.80. The fraction of sp³-hybridized carbons (Fsp3) is 0.278. The lowest BCUT2D eigenvalue weighted by Gasteiger charge is -2.17. The first kappa shape index (κ1) is 18.7. The summed E-state index contributed by atoms with van der Waals surface area (Å²) < 4.78 is 33.7. The number of nitrogens with one attached hydrogen (secondary N) is 1. The molecule has 5 nitrogen and oxygen atoms in total. The molecular formula is C18H20F2N2O3. The number of halogens is 2. The molecular weight excluding hydrogens is 330 g/mol. The van der Waals surface area contributed by atoms with Crippen LogP contribution in [0.15, 0.2) is 48.5 Å². The number of methoxy groups -OCH3 is 1. The molecule has 0 bridgehead atoms. The Morgan fingerprint density at radius 2 is 1.88 bits per heavy atom. The number of amides is 1. The Bertz CT molecular complexity index is 693. The molecule has 2 aromatic carbocycles. The summed E-state index contributed by atoms with van der Waals surface area (Å²) in [4.78, 5) is 13.9. The molecule has 0 radical (unpaired) electrons. The summed E-state index contributed by atoms with van der Waals surface area (Å²) in [7, 11) is 3.36. The van der Waals surface area contributed by atoms with E-state index >= 15 is 0 Å². The molecule has 0 aliphatic rings. The van der Waals surface area contributed by atoms with Crippen molar-refractivity contribution >= 4 is 11.6 Å². The van der Waals surface area contributed by atoms with Crippen molar-refractivity contribution in [1.82, 2.24) is 4.90 Å². The van der Waals surface area contributed by atoms with E-state index in [2.05, 4.69) is 10.1 Å². The molecule has 134 valence electrons. The molecule has 0 saturated carbocycles. The maximum atomic E-state index is 12.1. The predicted molar refractivity (Wildman–Crippen MR) is 91.0 cm³/mol. The van der Waals surface area contributed by atoms with E-state index in [0.717, 1.165) is 5.56 Å². The van der Waals surface area contributed by atoms with Gasteiger partial charge in [-0.1, -0.05) is 18.2 Å². The molecule has 1 N–H and O–H groups in total. The van der Waals surface area contributed by atoms with Crippen molar-refractivity contribution in [2.75, 3.05) is 26.0 Å². The molecule has 0 unspecified atom stereocenters. The van der Waals surface area contributed by atoms with E-state index in [1.54, 1.807) is 50.6 Å². The van der Waals surface area contributed by atoms with E-state index in [0.29, 0.717) is 18.0 Å². The first-order valence-corrected chi connectivity index (χ1v) is 7.62. The zero-order valence-corrected chi connectivity index (χ0v) is 14.0. The van der Waals surface area contributed by atoms with E-state index < -0.39 is 6.61 Å². The maximum absolute atomic E-state index is 12.1. The molecule has 0 aromatic heterocycles. The molecule has 2 rings (SSSR count). The predicted octanol–water partition coefficient (Wildman–Crippen LogP) is 3.37. The van der Waals surface area contributed by atoms with Crippen molar-refractivity contribution < 1.29 is 23.0 Å². The Labute approximate surface area is 145 Å². The molecule has 0 aliphatic carbocycles. The van der Waals surface area contributed by atoms with Crippen LogP contribution in [-0.4, -0.2) is 38.1 Å². The van der Waals surface area contributed by atoms with E-state index in [9.17, 15) is 13.6 Å². The number of rotatable bonds is 8. The zero-order chi connectivity index (χ0) is 18.2. The van der Waals surface area contributed by atoms with E-state index in [4.69, 9.17) is 4.74 Å². The standard InChI is InChI=1S/C18H20F2N2O3/c1-22(11-13-6-8-15(9-7-13)25-18(19)20)12-17(23)21-14-4-3-5-16(10-14)24-2/h3-10,18H,11-12H2,1-2H3,(H,21,23). The maximum Gasteiger partial charge on any atom is 0.387 e. The van der Waals surface area contributed by atoms with Gasteiger partial charge in [-0.3, -0.25) is 9.69 Å². The Kier molecular flexibility index (Phi) is 6.71. The lowest BCUT2D eigenvalue weighted by atomic mass is 10.2. The Hall–Kier alpha value is -2.67. The van der Waals surface area contributed by atoms with Gasteiger partial charge in [0.05, 0.1) is 13.7 Å². The van der Waals surface area contributed by atoms with Gasteiger partial charge >= 0.3 is 6.61 Å². The number of ether oxygens (including phenoxy) is 2. The first-order valence-electron chi connectivity index (χ1n) is 7.62. The number of alkyl halides is 2. The van der Waals surface area contributed by atoms with Crippen molar-refractivity contribution in [2.24, 2.45) is 0 Å². The summed E-state index contributed by atoms with van der Waals surface area (Å²) in [6.45, 7) is -2.15. The largest absolute Gasteiger partial charge is 0.497 e. The molecule has 2 aromatic rings. The number of anilines is 1. The van der Waals surface area contributed by atoms with Gasteiger partial charge in [-0.15, -0.1) is 0 Å². The van der Waals surface area contributed by atoms with Crippen LogP contribution in [0.5, 0.6) is 11.5 Å². The zero-order valence-electron chi connectivity index (χ0n) is 14.0. The van der Waals surface area contributed by atoms with Gasteiger partial charge in [0, 0.05) is 18.3 Å². The topological polar surface area (TPSA) is 50.8 Å². The van der Waals surface area contributed by atoms with Crippen molar-refractivity contribution in [3.05, 3.63) is 54.1 Å². The molecule has 0 spiro atoms. The van der Waals surface area contributed by atoms with Crippen molar-refractivity contribution in [3.8, 4) is 11.5 Å². The van der Waals surface area contributed by atoms with E-state index in [1.165, 1.54) is 12.1 Å². The molecule has 7 heteroatoms. The minimum absolute atomic E-state index is 0.108. The summed E-state index contributed by atoms with van der Waals surface area (Å²) in [6.07, 6.45) is 0. The highest BCUT2D eigenvalue weighted by molar-refractivity contribution is 5.92. The first-order chi connectivity index (χ1) is 12.0. The number of likely N-dealkylation sites (N-methyl/N-ethyl adjacent to an activating group) is 1. The lowest BCUT2D eigenvalue weighted by molar-refractivity contribution is -0.117. The SMILES string of the molecule is COc1cccc(NC(=O)CN(C)Cc2ccc(OC(F)F)cc2)c1. The van der Waals surface area contributed by atoms with E-state index in [-0.39, 0.29) is 18.2 Å². The number of benzene rings is 2. The normalized spacial score (nSPS) is 10.8. The molecule has 0 atom stereocenters. The van der Waals surface area contributed by atoms with Crippen LogP contribution in [0.25, 0.3) is 0 Å². The molecule has 0 aliphatic heterocycles. The summed E-state index contributed by atoms with van der Waals surface area (Å²) in [6, 6.07) is 13.4. The number of nitrogens with zero attached hydrogens (tertiary/aromatic N) is 1. The third kappa shape index (κ3) is 6.39. The van der Waals surface area contributed by atoms with Crippen molar-refractivity contribution in [3.63, 3.8) is 0 Å². The molecule has 0 heterocycles. The van der Waals surface area contributed by atoms with Gasteiger partial charge in [0.1, 0.15) is 11.5 Å². The second kappa shape index (κ2) is 8.98. The Morgan fingerprint density at radius 3 is 2.52 bits per heavy atom. The fourth-order valence-corrected chi connectivity index (χ4v) is 2.29. The van der Waals surface area contributed by atoms with Crippen molar-refractivity contribution in [2.45, 2.75) is 13.2 Å². The van der Waals surface area contributed by atoms with Crippen LogP contribution in [0.3, 0.4) is 0 Å². The highest BCUT2D eigenvalue weighted by Gasteiger charge is 2.09. The molecule has 0 fully saturated rings. The second-order valence-electron chi connectivity index (χ2n) is 5.47. The van der Waals surface area contributed by atoms with Crippen LogP contribution in [0.4, 0.5) is 14.5 Å². The fourth-order valence-electron chi connectivity index (χ4n) is 2.29. The third-order valence-corrected chi connectivity index (χ3v) is 3.37. The van der Waals surface area contributed by atoms with Gasteiger partial charge in [0.15, 0.2) is 0 Å². The van der Waals surface area contributed by atoms with Crippen LogP contribution in [0.1, 0.15) is 5.56 Å². The van der Waals surface area contributed by atoms with Gasteiger partial charge < -0.3 is 14.8 Å². The van der Waals surface area contributed by atoms with Crippen molar-refractivity contribution in [1.29, 1.82) is 0 Å². The number of hydrogen-bond donors (Lipinski definition) is 1. The van der Waals surface area contributed by atoms with Gasteiger partial charge in [0.25, 0.3) is 0 Å². The van der Waals surface area contributed by atoms with Crippen LogP contribution < -0.4 is 14.8 Å². The summed E-state index contributed by atoms with van der Waals surface area (Å²) in [5.41, 5.74) is 1.55. The summed E-state index contributed by atoms with van der Waals surface area (Å²) >= 11 is 0. The average molecular weight is 350 g/mol. The van der Waals surface area contributed by atoms with Gasteiger partial charge in [-0.05, 0) is 36.9 Å². The van der Waals surface area contributed by atoms with E-state index in [1.807, 2.05) is 4.90 Å². The molecule has 25 heavy (non-hydrogen) atoms. The van der Waals surface area contributed by atoms with Crippen LogP contribution in [-0.2, 0) is 11.3 Å². The number of carbonyl (C=O) groups excluding carboxylic acids is 1. The second-order valence-corrected chi connectivity index (χ2v) is 5.47. The third-order valence-electron chi connectivity index (χ3n) is 3.37. The lowest BCUT2D eigenvalue weighted by Crippen LogP contribution is -2.29. The van der Waals surface area contributed by atoms with Gasteiger partial charge in [0.2, 0.25) is 5.91 Å². The van der Waals surface area contributed by atoms with Gasteiger partial charge in [-0.2, -0.15) is 8.78 Å². The molecule has 0 saturated heterocycles. The quantitative estimate of drug-likeness (QED) is 0.793. The smallest absolute Gasteiger partial charge is 0.387 e. The number of carbonyl (C=O) groups is 1. The molecule has 1 amide bonds. The van der Waals surface area contributed by atoms with Crippen LogP contribution in [0.2, 0.25) is 0 Å². The average Bonchev–Trinajstić information content (AvgIpc) is 2.56. The Balaban J connectivity index is 1.84. The van der Waals surface area contributed by atoms with Crippen LogP contribution in [0, 0.1) is 0 Å². The van der Waals surface area contributed by atoms with Gasteiger partial charge in [-0.25, -0.2) is 0 Å². The highest BCUT2D eigenvalue weighted by Crippen LogP contribution is 2.17. The Morgan fingerprint density at radius 1 is 1.16 bits per heavy atom. The number of hydrogen-bond acceptors (Lipinski definition) is 4.